The third-order valence-electron chi connectivity index (χ3n) is 8.75. The summed E-state index contributed by atoms with van der Waals surface area (Å²) in [5.74, 6) is 3.16. The smallest absolute Gasteiger partial charge is 0.267 e. The van der Waals surface area contributed by atoms with Gasteiger partial charge in [0.1, 0.15) is 5.78 Å². The summed E-state index contributed by atoms with van der Waals surface area (Å²) in [6.45, 7) is 4.69. The molecule has 4 aliphatic carbocycles. The molecule has 5 rings (SSSR count). The topological polar surface area (TPSA) is 65.7 Å². The van der Waals surface area contributed by atoms with Crippen LogP contribution in [-0.4, -0.2) is 16.0 Å². The number of aromatic amines is 2. The van der Waals surface area contributed by atoms with Gasteiger partial charge in [-0.25, -0.2) is 0 Å². The highest BCUT2D eigenvalue weighted by molar-refractivity contribution is 5.87. The van der Waals surface area contributed by atoms with E-state index in [2.05, 4.69) is 24.0 Å². The monoisotopic (exact) mass is 328 g/mol. The van der Waals surface area contributed by atoms with Crippen LogP contribution in [0.25, 0.3) is 0 Å². The minimum Gasteiger partial charge on any atom is -0.302 e. The number of ketones is 1. The van der Waals surface area contributed by atoms with Crippen LogP contribution in [0.15, 0.2) is 4.79 Å². The first kappa shape index (κ1) is 15.0. The van der Waals surface area contributed by atoms with E-state index in [-0.39, 0.29) is 16.4 Å². The van der Waals surface area contributed by atoms with Gasteiger partial charge in [0.05, 0.1) is 0 Å². The average Bonchev–Trinajstić information content (AvgIpc) is 3.05. The number of carbonyl (C=O) groups excluding carboxylic acids is 1. The molecule has 6 atom stereocenters. The summed E-state index contributed by atoms with van der Waals surface area (Å²) in [4.78, 5) is 24.7. The molecule has 0 unspecified atom stereocenters. The SMILES string of the molecule is C[C@]12Cc3c([nH][nH]c3=O)C[C@@H]1CC[C@@H]1[C@@H]2CC[C@]2(C)C(=O)CC[C@@H]12. The summed E-state index contributed by atoms with van der Waals surface area (Å²) in [5.41, 5.74) is 2.43. The molecule has 4 nitrogen and oxygen atoms in total. The molecular weight excluding hydrogens is 300 g/mol. The number of fused-ring (bicyclic) bond motifs is 6. The molecule has 0 spiro atoms. The molecule has 3 saturated carbocycles. The number of hydrogen-bond donors (Lipinski definition) is 2. The van der Waals surface area contributed by atoms with Gasteiger partial charge in [-0.05, 0) is 74.0 Å². The van der Waals surface area contributed by atoms with Crippen molar-refractivity contribution >= 4 is 5.78 Å². The van der Waals surface area contributed by atoms with Crippen molar-refractivity contribution in [3.05, 3.63) is 21.6 Å². The van der Waals surface area contributed by atoms with E-state index in [1.807, 2.05) is 0 Å². The molecule has 1 aromatic heterocycles. The molecule has 0 aromatic carbocycles. The molecule has 3 fully saturated rings. The van der Waals surface area contributed by atoms with Crippen LogP contribution >= 0.6 is 0 Å². The minimum atomic E-state index is -0.0459. The van der Waals surface area contributed by atoms with E-state index in [1.54, 1.807) is 0 Å². The van der Waals surface area contributed by atoms with E-state index in [0.29, 0.717) is 29.5 Å². The first-order valence-electron chi connectivity index (χ1n) is 9.75. The molecule has 24 heavy (non-hydrogen) atoms. The van der Waals surface area contributed by atoms with Gasteiger partial charge in [0.2, 0.25) is 0 Å². The Bertz CT molecular complexity index is 762. The fourth-order valence-corrected chi connectivity index (χ4v) is 7.33. The second kappa shape index (κ2) is 4.64. The summed E-state index contributed by atoms with van der Waals surface area (Å²) < 4.78 is 0. The van der Waals surface area contributed by atoms with Crippen LogP contribution in [0.5, 0.6) is 0 Å². The number of rotatable bonds is 0. The van der Waals surface area contributed by atoms with Crippen LogP contribution in [0.4, 0.5) is 0 Å². The molecule has 0 amide bonds. The summed E-state index contributed by atoms with van der Waals surface area (Å²) in [5, 5.41) is 5.92. The molecule has 0 radical (unpaired) electrons. The van der Waals surface area contributed by atoms with Crippen molar-refractivity contribution in [2.24, 2.45) is 34.5 Å². The Hall–Kier alpha value is -1.32. The van der Waals surface area contributed by atoms with Crippen molar-refractivity contribution < 1.29 is 4.79 Å². The number of hydrogen-bond acceptors (Lipinski definition) is 2. The Morgan fingerprint density at radius 1 is 1.00 bits per heavy atom. The van der Waals surface area contributed by atoms with Crippen molar-refractivity contribution in [2.75, 3.05) is 0 Å². The Labute approximate surface area is 142 Å². The highest BCUT2D eigenvalue weighted by Crippen LogP contribution is 2.64. The van der Waals surface area contributed by atoms with Crippen LogP contribution in [0.1, 0.15) is 63.6 Å². The van der Waals surface area contributed by atoms with E-state index in [4.69, 9.17) is 0 Å². The lowest BCUT2D eigenvalue weighted by Gasteiger charge is -2.59. The Balaban J connectivity index is 1.53. The zero-order valence-electron chi connectivity index (χ0n) is 14.8. The zero-order valence-corrected chi connectivity index (χ0v) is 14.8. The number of aromatic nitrogens is 2. The Morgan fingerprint density at radius 2 is 1.83 bits per heavy atom. The number of Topliss-reactive ketones (excluding diaryl/α,β-unsaturated/α-hetero) is 1. The van der Waals surface area contributed by atoms with Crippen LogP contribution in [-0.2, 0) is 17.6 Å². The molecule has 0 aliphatic heterocycles. The zero-order chi connectivity index (χ0) is 16.7. The highest BCUT2D eigenvalue weighted by atomic mass is 16.1. The molecule has 4 aliphatic rings. The molecule has 1 heterocycles. The first-order chi connectivity index (χ1) is 11.4. The molecule has 0 saturated heterocycles. The predicted molar refractivity (Wildman–Crippen MR) is 91.7 cm³/mol. The van der Waals surface area contributed by atoms with Crippen LogP contribution in [0, 0.1) is 34.5 Å². The van der Waals surface area contributed by atoms with Gasteiger partial charge in [-0.15, -0.1) is 0 Å². The lowest BCUT2D eigenvalue weighted by Crippen LogP contribution is -2.54. The molecule has 0 bridgehead atoms. The number of carbonyl (C=O) groups is 1. The molecule has 1 aromatic rings. The van der Waals surface area contributed by atoms with Crippen LogP contribution in [0.3, 0.4) is 0 Å². The Kier molecular flexibility index (Phi) is 2.90. The fraction of sp³-hybridized carbons (Fsp3) is 0.800. The van der Waals surface area contributed by atoms with Gasteiger partial charge in [0, 0.05) is 23.1 Å². The van der Waals surface area contributed by atoms with Crippen molar-refractivity contribution in [2.45, 2.75) is 65.2 Å². The molecule has 4 heteroatoms. The largest absolute Gasteiger partial charge is 0.302 e. The van der Waals surface area contributed by atoms with E-state index in [9.17, 15) is 9.59 Å². The van der Waals surface area contributed by atoms with E-state index >= 15 is 0 Å². The second-order valence-electron chi connectivity index (χ2n) is 9.49. The lowest BCUT2D eigenvalue weighted by molar-refractivity contribution is -0.136. The van der Waals surface area contributed by atoms with Crippen molar-refractivity contribution in [1.29, 1.82) is 0 Å². The summed E-state index contributed by atoms with van der Waals surface area (Å²) in [7, 11) is 0. The number of H-pyrrole nitrogens is 2. The second-order valence-corrected chi connectivity index (χ2v) is 9.49. The highest BCUT2D eigenvalue weighted by Gasteiger charge is 2.60. The van der Waals surface area contributed by atoms with Gasteiger partial charge >= 0.3 is 0 Å². The first-order valence-corrected chi connectivity index (χ1v) is 9.75. The molecule has 130 valence electrons. The third-order valence-corrected chi connectivity index (χ3v) is 8.75. The summed E-state index contributed by atoms with van der Waals surface area (Å²) in [6.07, 6.45) is 8.62. The van der Waals surface area contributed by atoms with Crippen molar-refractivity contribution in [3.8, 4) is 0 Å². The van der Waals surface area contributed by atoms with E-state index in [1.165, 1.54) is 19.3 Å². The standard InChI is InChI=1S/C20H28N2O2/c1-19-8-7-15-12(14(19)5-6-17(19)23)4-3-11-9-16-13(10-20(11,15)2)18(24)22-21-16/h11-12,14-15H,3-10H2,1-2H3,(H2,21,22,24)/t11-,12-,14-,15-,19-,20-/m0/s1. The normalized spacial score (nSPS) is 46.8. The van der Waals surface area contributed by atoms with Gasteiger partial charge in [-0.1, -0.05) is 13.8 Å². The van der Waals surface area contributed by atoms with Gasteiger partial charge < -0.3 is 5.10 Å². The maximum atomic E-state index is 12.5. The van der Waals surface area contributed by atoms with Crippen LogP contribution in [0.2, 0.25) is 0 Å². The quantitative estimate of drug-likeness (QED) is 0.768. The van der Waals surface area contributed by atoms with Gasteiger partial charge in [0.15, 0.2) is 0 Å². The number of nitrogens with one attached hydrogen (secondary N) is 2. The van der Waals surface area contributed by atoms with Crippen LogP contribution < -0.4 is 5.56 Å². The summed E-state index contributed by atoms with van der Waals surface area (Å²) >= 11 is 0. The van der Waals surface area contributed by atoms with Gasteiger partial charge in [-0.3, -0.25) is 14.7 Å². The predicted octanol–water partition coefficient (Wildman–Crippen LogP) is 3.23. The fourth-order valence-electron chi connectivity index (χ4n) is 7.33. The molecular formula is C20H28N2O2. The average molecular weight is 328 g/mol. The minimum absolute atomic E-state index is 0.0459. The van der Waals surface area contributed by atoms with Gasteiger partial charge in [0.25, 0.3) is 5.56 Å². The van der Waals surface area contributed by atoms with Gasteiger partial charge in [-0.2, -0.15) is 0 Å². The van der Waals surface area contributed by atoms with E-state index in [0.717, 1.165) is 43.4 Å². The Morgan fingerprint density at radius 3 is 2.67 bits per heavy atom. The van der Waals surface area contributed by atoms with E-state index < -0.39 is 0 Å². The third kappa shape index (κ3) is 1.70. The maximum absolute atomic E-state index is 12.5. The molecule has 2 N–H and O–H groups in total. The van der Waals surface area contributed by atoms with Crippen molar-refractivity contribution in [3.63, 3.8) is 0 Å². The summed E-state index contributed by atoms with van der Waals surface area (Å²) in [6, 6.07) is 0. The van der Waals surface area contributed by atoms with Crippen molar-refractivity contribution in [1.82, 2.24) is 10.2 Å². The maximum Gasteiger partial charge on any atom is 0.267 e. The lowest BCUT2D eigenvalue weighted by atomic mass is 9.45.